The lowest BCUT2D eigenvalue weighted by Gasteiger charge is -2.03. The summed E-state index contributed by atoms with van der Waals surface area (Å²) >= 11 is 0. The quantitative estimate of drug-likeness (QED) is 0.831. The van der Waals surface area contributed by atoms with Crippen molar-refractivity contribution >= 4 is 0 Å². The van der Waals surface area contributed by atoms with E-state index >= 15 is 0 Å². The van der Waals surface area contributed by atoms with E-state index in [9.17, 15) is 0 Å². The van der Waals surface area contributed by atoms with Crippen LogP contribution in [-0.2, 0) is 0 Å². The molecule has 0 spiro atoms. The highest BCUT2D eigenvalue weighted by molar-refractivity contribution is 5.61. The third-order valence-electron chi connectivity index (χ3n) is 2.16. The fourth-order valence-electron chi connectivity index (χ4n) is 1.43. The monoisotopic (exact) mass is 203 g/mol. The van der Waals surface area contributed by atoms with Crippen LogP contribution in [0.2, 0.25) is 0 Å². The van der Waals surface area contributed by atoms with Gasteiger partial charge in [0.25, 0.3) is 0 Å². The van der Waals surface area contributed by atoms with Crippen molar-refractivity contribution in [1.29, 1.82) is 0 Å². The summed E-state index contributed by atoms with van der Waals surface area (Å²) in [4.78, 5) is 0. The van der Waals surface area contributed by atoms with Gasteiger partial charge in [-0.2, -0.15) is 15.4 Å². The number of hydrogen-bond acceptors (Lipinski definition) is 3. The maximum absolute atomic E-state index is 5.36. The average molecular weight is 203 g/mol. The Morgan fingerprint density at radius 2 is 1.93 bits per heavy atom. The molecule has 0 bridgehead atoms. The van der Waals surface area contributed by atoms with Crippen LogP contribution in [0.25, 0.3) is 11.3 Å². The molecule has 0 radical (unpaired) electrons. The second-order valence-electron chi connectivity index (χ2n) is 3.22. The molecule has 0 aliphatic heterocycles. The standard InChI is InChI=1S/C11H13N3O/c1-3-15-10-6-4-9(5-7-10)11-8(2)12-14-13-11/h4-7H,3H2,1-2H3,(H,12,13,14). The first kappa shape index (κ1) is 9.71. The van der Waals surface area contributed by atoms with Crippen LogP contribution in [0, 0.1) is 6.92 Å². The van der Waals surface area contributed by atoms with Gasteiger partial charge in [-0.1, -0.05) is 0 Å². The predicted octanol–water partition coefficient (Wildman–Crippen LogP) is 2.18. The molecular weight excluding hydrogens is 190 g/mol. The summed E-state index contributed by atoms with van der Waals surface area (Å²) in [7, 11) is 0. The summed E-state index contributed by atoms with van der Waals surface area (Å²) in [6, 6.07) is 7.84. The number of aromatic nitrogens is 3. The van der Waals surface area contributed by atoms with Crippen molar-refractivity contribution in [2.75, 3.05) is 6.61 Å². The van der Waals surface area contributed by atoms with E-state index in [1.165, 1.54) is 0 Å². The number of ether oxygens (including phenoxy) is 1. The highest BCUT2D eigenvalue weighted by Crippen LogP contribution is 2.21. The normalized spacial score (nSPS) is 10.3. The van der Waals surface area contributed by atoms with Gasteiger partial charge in [-0.05, 0) is 38.1 Å². The molecule has 4 nitrogen and oxygen atoms in total. The molecule has 0 saturated carbocycles. The summed E-state index contributed by atoms with van der Waals surface area (Å²) in [5.41, 5.74) is 2.84. The predicted molar refractivity (Wildman–Crippen MR) is 57.7 cm³/mol. The molecule has 1 aromatic heterocycles. The number of nitrogens with one attached hydrogen (secondary N) is 1. The Kier molecular flexibility index (Phi) is 2.67. The first-order valence-electron chi connectivity index (χ1n) is 4.92. The van der Waals surface area contributed by atoms with Crippen LogP contribution in [0.1, 0.15) is 12.6 Å². The lowest BCUT2D eigenvalue weighted by Crippen LogP contribution is -1.90. The van der Waals surface area contributed by atoms with E-state index in [1.54, 1.807) is 0 Å². The molecular formula is C11H13N3O. The first-order chi connectivity index (χ1) is 7.31. The minimum Gasteiger partial charge on any atom is -0.494 e. The second-order valence-corrected chi connectivity index (χ2v) is 3.22. The van der Waals surface area contributed by atoms with E-state index in [0.29, 0.717) is 6.61 Å². The fourth-order valence-corrected chi connectivity index (χ4v) is 1.43. The van der Waals surface area contributed by atoms with Gasteiger partial charge in [0, 0.05) is 5.56 Å². The van der Waals surface area contributed by atoms with Gasteiger partial charge >= 0.3 is 0 Å². The molecule has 78 valence electrons. The molecule has 1 heterocycles. The van der Waals surface area contributed by atoms with Gasteiger partial charge in [-0.15, -0.1) is 0 Å². The molecule has 0 saturated heterocycles. The highest BCUT2D eigenvalue weighted by atomic mass is 16.5. The number of rotatable bonds is 3. The molecule has 0 amide bonds. The van der Waals surface area contributed by atoms with Crippen molar-refractivity contribution in [3.05, 3.63) is 30.0 Å². The zero-order chi connectivity index (χ0) is 10.7. The van der Waals surface area contributed by atoms with E-state index in [0.717, 1.165) is 22.7 Å². The van der Waals surface area contributed by atoms with E-state index in [4.69, 9.17) is 4.74 Å². The Hall–Kier alpha value is -1.84. The van der Waals surface area contributed by atoms with E-state index in [1.807, 2.05) is 38.1 Å². The van der Waals surface area contributed by atoms with Gasteiger partial charge in [0.2, 0.25) is 0 Å². The molecule has 0 unspecified atom stereocenters. The Morgan fingerprint density at radius 1 is 1.20 bits per heavy atom. The first-order valence-corrected chi connectivity index (χ1v) is 4.92. The maximum Gasteiger partial charge on any atom is 0.119 e. The fraction of sp³-hybridized carbons (Fsp3) is 0.273. The molecule has 2 rings (SSSR count). The Balaban J connectivity index is 2.28. The van der Waals surface area contributed by atoms with Crippen LogP contribution in [0.4, 0.5) is 0 Å². The van der Waals surface area contributed by atoms with Gasteiger partial charge in [0.05, 0.1) is 12.3 Å². The summed E-state index contributed by atoms with van der Waals surface area (Å²) < 4.78 is 5.36. The third-order valence-corrected chi connectivity index (χ3v) is 2.16. The molecule has 0 aliphatic carbocycles. The van der Waals surface area contributed by atoms with Gasteiger partial charge < -0.3 is 4.74 Å². The average Bonchev–Trinajstić information content (AvgIpc) is 2.66. The molecule has 2 aromatic rings. The van der Waals surface area contributed by atoms with Crippen LogP contribution in [0.5, 0.6) is 5.75 Å². The highest BCUT2D eigenvalue weighted by Gasteiger charge is 2.05. The maximum atomic E-state index is 5.36. The molecule has 0 aliphatic rings. The van der Waals surface area contributed by atoms with Gasteiger partial charge in [-0.25, -0.2) is 0 Å². The van der Waals surface area contributed by atoms with Crippen LogP contribution >= 0.6 is 0 Å². The third kappa shape index (κ3) is 1.98. The SMILES string of the molecule is CCOc1ccc(-c2n[nH]nc2C)cc1. The number of H-pyrrole nitrogens is 1. The lowest BCUT2D eigenvalue weighted by atomic mass is 10.1. The molecule has 1 aromatic carbocycles. The van der Waals surface area contributed by atoms with E-state index < -0.39 is 0 Å². The number of nitrogens with zero attached hydrogens (tertiary/aromatic N) is 2. The van der Waals surface area contributed by atoms with Crippen LogP contribution < -0.4 is 4.74 Å². The van der Waals surface area contributed by atoms with Crippen molar-refractivity contribution in [3.63, 3.8) is 0 Å². The number of hydrogen-bond donors (Lipinski definition) is 1. The van der Waals surface area contributed by atoms with Gasteiger partial charge in [-0.3, -0.25) is 0 Å². The minimum atomic E-state index is 0.683. The molecule has 1 N–H and O–H groups in total. The topological polar surface area (TPSA) is 50.8 Å². The van der Waals surface area contributed by atoms with Crippen molar-refractivity contribution in [3.8, 4) is 17.0 Å². The van der Waals surface area contributed by atoms with Crippen LogP contribution in [0.3, 0.4) is 0 Å². The second kappa shape index (κ2) is 4.13. The number of aromatic amines is 1. The lowest BCUT2D eigenvalue weighted by molar-refractivity contribution is 0.340. The van der Waals surface area contributed by atoms with Gasteiger partial charge in [0.15, 0.2) is 0 Å². The van der Waals surface area contributed by atoms with Crippen molar-refractivity contribution in [2.45, 2.75) is 13.8 Å². The Bertz CT molecular complexity index is 433. The zero-order valence-electron chi connectivity index (χ0n) is 8.82. The Labute approximate surface area is 88.3 Å². The smallest absolute Gasteiger partial charge is 0.119 e. The minimum absolute atomic E-state index is 0.683. The van der Waals surface area contributed by atoms with Gasteiger partial charge in [0.1, 0.15) is 11.4 Å². The number of benzene rings is 1. The largest absolute Gasteiger partial charge is 0.494 e. The van der Waals surface area contributed by atoms with Crippen molar-refractivity contribution in [2.24, 2.45) is 0 Å². The zero-order valence-corrected chi connectivity index (χ0v) is 8.82. The van der Waals surface area contributed by atoms with E-state index in [2.05, 4.69) is 15.4 Å². The molecule has 0 fully saturated rings. The summed E-state index contributed by atoms with van der Waals surface area (Å²) in [6.07, 6.45) is 0. The van der Waals surface area contributed by atoms with Crippen molar-refractivity contribution < 1.29 is 4.74 Å². The van der Waals surface area contributed by atoms with Crippen molar-refractivity contribution in [1.82, 2.24) is 15.4 Å². The summed E-state index contributed by atoms with van der Waals surface area (Å²) in [5, 5.41) is 10.7. The van der Waals surface area contributed by atoms with E-state index in [-0.39, 0.29) is 0 Å². The molecule has 15 heavy (non-hydrogen) atoms. The summed E-state index contributed by atoms with van der Waals surface area (Å²) in [6.45, 7) is 4.58. The van der Waals surface area contributed by atoms with Crippen LogP contribution in [-0.4, -0.2) is 22.0 Å². The van der Waals surface area contributed by atoms with Crippen LogP contribution in [0.15, 0.2) is 24.3 Å². The molecule has 0 atom stereocenters. The molecule has 4 heteroatoms. The number of aryl methyl sites for hydroxylation is 1. The Morgan fingerprint density at radius 3 is 2.47 bits per heavy atom. The summed E-state index contributed by atoms with van der Waals surface area (Å²) in [5.74, 6) is 0.877.